The van der Waals surface area contributed by atoms with Crippen LogP contribution in [0.4, 0.5) is 5.69 Å². The van der Waals surface area contributed by atoms with E-state index in [1.807, 2.05) is 20.8 Å². The number of thiophene rings is 1. The Labute approximate surface area is 229 Å². The van der Waals surface area contributed by atoms with E-state index in [1.165, 1.54) is 5.57 Å². The topological polar surface area (TPSA) is 92.6 Å². The van der Waals surface area contributed by atoms with Crippen LogP contribution in [0.2, 0.25) is 0 Å². The van der Waals surface area contributed by atoms with Gasteiger partial charge in [-0.25, -0.2) is 14.8 Å². The molecule has 202 valence electrons. The van der Waals surface area contributed by atoms with Gasteiger partial charge in [-0.3, -0.25) is 4.79 Å². The summed E-state index contributed by atoms with van der Waals surface area (Å²) in [5, 5.41) is 10.1. The third kappa shape index (κ3) is 6.82. The van der Waals surface area contributed by atoms with Gasteiger partial charge in [0.15, 0.2) is 0 Å². The van der Waals surface area contributed by atoms with Gasteiger partial charge in [-0.1, -0.05) is 30.4 Å². The maximum atomic E-state index is 14.2. The largest absolute Gasteiger partial charge is 0.477 e. The number of ether oxygens (including phenoxy) is 1. The van der Waals surface area contributed by atoms with Gasteiger partial charge in [0.25, 0.3) is 0 Å². The minimum atomic E-state index is -1.03. The van der Waals surface area contributed by atoms with E-state index in [2.05, 4.69) is 41.7 Å². The quantitative estimate of drug-likeness (QED) is 0.342. The number of carbonyl (C=O) groups is 2. The molecule has 0 aliphatic heterocycles. The standard InChI is InChI=1S/C30H37N3O4S/c1-19-7-12-24(20(2)17-19)27(34)33(21-8-10-22(11-9-21)37-29-31-15-6-16-32-29)25-18-23(13-14-30(3,4)5)38-26(25)28(35)36/h6-7,15-16,18,20-22,24H,8-12,17H2,1-5H3,(H,35,36)/t20-,21?,22?,24?/m0/s1. The van der Waals surface area contributed by atoms with Crippen molar-refractivity contribution in [3.05, 3.63) is 45.9 Å². The summed E-state index contributed by atoms with van der Waals surface area (Å²) in [5.41, 5.74) is 1.56. The average molecular weight is 536 g/mol. The third-order valence-electron chi connectivity index (χ3n) is 7.16. The number of hydrogen-bond acceptors (Lipinski definition) is 6. The second-order valence-corrected chi connectivity index (χ2v) is 12.5. The van der Waals surface area contributed by atoms with Crippen molar-refractivity contribution in [2.24, 2.45) is 17.3 Å². The summed E-state index contributed by atoms with van der Waals surface area (Å²) >= 11 is 1.15. The van der Waals surface area contributed by atoms with E-state index < -0.39 is 5.97 Å². The van der Waals surface area contributed by atoms with Gasteiger partial charge in [0.1, 0.15) is 11.0 Å². The highest BCUT2D eigenvalue weighted by Gasteiger charge is 2.39. The zero-order chi connectivity index (χ0) is 27.4. The SMILES string of the molecule is CC1=CCC(C(=O)N(c2cc(C#CC(C)(C)C)sc2C(=O)O)C2CCC(Oc3ncccn3)CC2)[C@@H](C)C1. The van der Waals surface area contributed by atoms with E-state index in [0.717, 1.165) is 30.6 Å². The second kappa shape index (κ2) is 11.7. The Balaban J connectivity index is 1.65. The molecule has 1 fully saturated rings. The van der Waals surface area contributed by atoms with Crippen LogP contribution in [0.1, 0.15) is 87.7 Å². The summed E-state index contributed by atoms with van der Waals surface area (Å²) in [7, 11) is 0. The number of anilines is 1. The Bertz CT molecular complexity index is 1240. The van der Waals surface area contributed by atoms with E-state index in [4.69, 9.17) is 4.74 Å². The molecular formula is C30H37N3O4S. The average Bonchev–Trinajstić information content (AvgIpc) is 3.28. The maximum Gasteiger partial charge on any atom is 0.348 e. The van der Waals surface area contributed by atoms with E-state index in [1.54, 1.807) is 29.4 Å². The minimum Gasteiger partial charge on any atom is -0.477 e. The van der Waals surface area contributed by atoms with Crippen LogP contribution >= 0.6 is 11.3 Å². The van der Waals surface area contributed by atoms with Crippen LogP contribution in [0, 0.1) is 29.1 Å². The Hall–Kier alpha value is -3.18. The van der Waals surface area contributed by atoms with Crippen molar-refractivity contribution in [2.45, 2.75) is 85.3 Å². The molecule has 0 saturated heterocycles. The van der Waals surface area contributed by atoms with Gasteiger partial charge in [0.2, 0.25) is 5.91 Å². The van der Waals surface area contributed by atoms with Crippen molar-refractivity contribution in [3.63, 3.8) is 0 Å². The third-order valence-corrected chi connectivity index (χ3v) is 8.18. The summed E-state index contributed by atoms with van der Waals surface area (Å²) in [6.45, 7) is 10.3. The molecule has 2 aliphatic carbocycles. The predicted octanol–water partition coefficient (Wildman–Crippen LogP) is 6.35. The van der Waals surface area contributed by atoms with E-state index in [9.17, 15) is 14.7 Å². The van der Waals surface area contributed by atoms with E-state index >= 15 is 0 Å². The van der Waals surface area contributed by atoms with Crippen molar-refractivity contribution in [3.8, 4) is 17.9 Å². The summed E-state index contributed by atoms with van der Waals surface area (Å²) < 4.78 is 5.98. The van der Waals surface area contributed by atoms with Crippen LogP contribution < -0.4 is 9.64 Å². The van der Waals surface area contributed by atoms with Crippen LogP contribution in [0.3, 0.4) is 0 Å². The first-order valence-electron chi connectivity index (χ1n) is 13.3. The number of carboxylic acids is 1. The van der Waals surface area contributed by atoms with Gasteiger partial charge >= 0.3 is 12.0 Å². The lowest BCUT2D eigenvalue weighted by Crippen LogP contribution is -2.48. The van der Waals surface area contributed by atoms with Gasteiger partial charge in [-0.2, -0.15) is 0 Å². The highest BCUT2D eigenvalue weighted by Crippen LogP contribution is 2.39. The van der Waals surface area contributed by atoms with Crippen molar-refractivity contribution >= 4 is 28.9 Å². The number of allylic oxidation sites excluding steroid dienone is 2. The lowest BCUT2D eigenvalue weighted by Gasteiger charge is -2.40. The first-order valence-corrected chi connectivity index (χ1v) is 14.2. The van der Waals surface area contributed by atoms with Crippen molar-refractivity contribution < 1.29 is 19.4 Å². The van der Waals surface area contributed by atoms with Gasteiger partial charge in [0.05, 0.1) is 10.6 Å². The van der Waals surface area contributed by atoms with Gasteiger partial charge in [-0.15, -0.1) is 11.3 Å². The molecule has 8 heteroatoms. The summed E-state index contributed by atoms with van der Waals surface area (Å²) in [4.78, 5) is 37.5. The highest BCUT2D eigenvalue weighted by atomic mass is 32.1. The van der Waals surface area contributed by atoms with Crippen LogP contribution in [0.25, 0.3) is 0 Å². The number of rotatable bonds is 6. The summed E-state index contributed by atoms with van der Waals surface area (Å²) in [5.74, 6) is 5.33. The van der Waals surface area contributed by atoms with Crippen LogP contribution in [-0.4, -0.2) is 39.1 Å². The lowest BCUT2D eigenvalue weighted by atomic mass is 9.79. The van der Waals surface area contributed by atoms with Crippen molar-refractivity contribution in [1.82, 2.24) is 9.97 Å². The number of carbonyl (C=O) groups excluding carboxylic acids is 1. The molecule has 0 radical (unpaired) electrons. The van der Waals surface area contributed by atoms with E-state index in [0.29, 0.717) is 35.8 Å². The van der Waals surface area contributed by atoms with Crippen LogP contribution in [-0.2, 0) is 4.79 Å². The Kier molecular flexibility index (Phi) is 8.57. The number of carboxylic acid groups (broad SMARTS) is 1. The van der Waals surface area contributed by atoms with E-state index in [-0.39, 0.29) is 40.2 Å². The molecular weight excluding hydrogens is 498 g/mol. The number of aromatic carboxylic acids is 1. The number of amides is 1. The zero-order valence-electron chi connectivity index (χ0n) is 22.9. The molecule has 2 aromatic heterocycles. The van der Waals surface area contributed by atoms with Crippen LogP contribution in [0.5, 0.6) is 6.01 Å². The van der Waals surface area contributed by atoms with Crippen LogP contribution in [0.15, 0.2) is 36.2 Å². The molecule has 0 bridgehead atoms. The van der Waals surface area contributed by atoms with Gasteiger partial charge in [-0.05, 0) is 84.3 Å². The molecule has 38 heavy (non-hydrogen) atoms. The lowest BCUT2D eigenvalue weighted by molar-refractivity contribution is -0.124. The second-order valence-electron chi connectivity index (χ2n) is 11.5. The Morgan fingerprint density at radius 3 is 2.45 bits per heavy atom. The molecule has 7 nitrogen and oxygen atoms in total. The minimum absolute atomic E-state index is 0.00708. The van der Waals surface area contributed by atoms with Crippen molar-refractivity contribution in [1.29, 1.82) is 0 Å². The van der Waals surface area contributed by atoms with Gasteiger partial charge < -0.3 is 14.7 Å². The molecule has 1 saturated carbocycles. The Morgan fingerprint density at radius 1 is 1.16 bits per heavy atom. The first-order chi connectivity index (χ1) is 18.0. The molecule has 2 atom stereocenters. The van der Waals surface area contributed by atoms with Crippen molar-refractivity contribution in [2.75, 3.05) is 4.90 Å². The fourth-order valence-corrected chi connectivity index (χ4v) is 6.09. The van der Waals surface area contributed by atoms with Gasteiger partial charge in [0, 0.05) is 29.8 Å². The number of aromatic nitrogens is 2. The Morgan fingerprint density at radius 2 is 1.84 bits per heavy atom. The monoisotopic (exact) mass is 535 g/mol. The molecule has 0 aromatic carbocycles. The smallest absolute Gasteiger partial charge is 0.348 e. The molecule has 1 unspecified atom stereocenters. The number of hydrogen-bond donors (Lipinski definition) is 1. The molecule has 4 rings (SSSR count). The molecule has 0 spiro atoms. The maximum absolute atomic E-state index is 14.2. The summed E-state index contributed by atoms with van der Waals surface area (Å²) in [6.07, 6.45) is 9.84. The number of nitrogens with zero attached hydrogens (tertiary/aromatic N) is 3. The fraction of sp³-hybridized carbons (Fsp3) is 0.533. The fourth-order valence-electron chi connectivity index (χ4n) is 5.25. The molecule has 2 aliphatic rings. The normalized spacial score (nSPS) is 23.6. The molecule has 1 N–H and O–H groups in total. The first kappa shape index (κ1) is 27.8. The molecule has 2 aromatic rings. The molecule has 2 heterocycles. The predicted molar refractivity (Wildman–Crippen MR) is 149 cm³/mol. The zero-order valence-corrected chi connectivity index (χ0v) is 23.7. The highest BCUT2D eigenvalue weighted by molar-refractivity contribution is 7.15. The molecule has 1 amide bonds. The summed E-state index contributed by atoms with van der Waals surface area (Å²) in [6, 6.07) is 3.79.